The second-order valence-electron chi connectivity index (χ2n) is 15.4. The Morgan fingerprint density at radius 1 is 0.623 bits per heavy atom. The van der Waals surface area contributed by atoms with Crippen LogP contribution in [0.1, 0.15) is 93.2 Å². The first-order valence-corrected chi connectivity index (χ1v) is 20.7. The third-order valence-electron chi connectivity index (χ3n) is 9.16. The lowest BCUT2D eigenvalue weighted by Crippen LogP contribution is -2.36. The lowest BCUT2D eigenvalue weighted by molar-refractivity contribution is -0.120. The van der Waals surface area contributed by atoms with E-state index in [0.29, 0.717) is 6.42 Å². The number of fused-ring (bicyclic) bond motifs is 2. The van der Waals surface area contributed by atoms with Gasteiger partial charge in [-0.15, -0.1) is 0 Å². The maximum atomic E-state index is 13.2. The molecule has 324 valence electrons. The van der Waals surface area contributed by atoms with Crippen LogP contribution < -0.4 is 11.1 Å². The molecule has 0 bridgehead atoms. The molecule has 0 aliphatic rings. The van der Waals surface area contributed by atoms with Crippen molar-refractivity contribution in [3.8, 4) is 0 Å². The van der Waals surface area contributed by atoms with E-state index in [9.17, 15) is 19.5 Å². The number of aliphatic hydroxyl groups excluding tert-OH is 3. The normalized spacial score (nSPS) is 11.7. The molecule has 4 aromatic carbocycles. The second kappa shape index (κ2) is 25.7. The molecule has 6 rings (SSSR count). The Bertz CT molecular complexity index is 2250. The molecule has 2 atom stereocenters. The SMILES string of the molecule is CC(C)(C)OC(=O)NCC(C(=O)Cc1ccc2cnccc2c1)c1ccc(CO)cc1.CCC.CCO.NCC(C(=O)Cc1ccc2cnccc2c1)c1ccc(CO)cc1. The maximum Gasteiger partial charge on any atom is 0.407 e. The Hall–Kier alpha value is -5.85. The van der Waals surface area contributed by atoms with Gasteiger partial charge in [-0.1, -0.05) is 105 Å². The van der Waals surface area contributed by atoms with Gasteiger partial charge in [-0.3, -0.25) is 19.6 Å². The number of nitrogens with one attached hydrogen (secondary N) is 1. The van der Waals surface area contributed by atoms with Crippen molar-refractivity contribution in [2.24, 2.45) is 5.73 Å². The van der Waals surface area contributed by atoms with Crippen LogP contribution >= 0.6 is 0 Å². The van der Waals surface area contributed by atoms with Gasteiger partial charge in [0, 0.05) is 68.1 Å². The van der Waals surface area contributed by atoms with Gasteiger partial charge in [-0.25, -0.2) is 4.79 Å². The van der Waals surface area contributed by atoms with E-state index in [1.165, 1.54) is 6.42 Å². The predicted molar refractivity (Wildman–Crippen MR) is 243 cm³/mol. The molecule has 0 aliphatic heterocycles. The number of aromatic nitrogens is 2. The Kier molecular flexibility index (Phi) is 20.9. The summed E-state index contributed by atoms with van der Waals surface area (Å²) in [6.07, 6.45) is 8.35. The van der Waals surface area contributed by atoms with Crippen LogP contribution in [0.15, 0.2) is 122 Å². The van der Waals surface area contributed by atoms with Crippen molar-refractivity contribution in [1.29, 1.82) is 0 Å². The average Bonchev–Trinajstić information content (AvgIpc) is 3.24. The first-order valence-electron chi connectivity index (χ1n) is 20.7. The number of pyridine rings is 2. The van der Waals surface area contributed by atoms with Gasteiger partial charge in [-0.2, -0.15) is 0 Å². The van der Waals surface area contributed by atoms with E-state index in [-0.39, 0.29) is 56.8 Å². The third kappa shape index (κ3) is 16.6. The second-order valence-corrected chi connectivity index (χ2v) is 15.4. The largest absolute Gasteiger partial charge is 0.444 e. The highest BCUT2D eigenvalue weighted by Gasteiger charge is 2.24. The molecule has 0 saturated carbocycles. The zero-order valence-corrected chi connectivity index (χ0v) is 36.3. The lowest BCUT2D eigenvalue weighted by Gasteiger charge is -2.22. The van der Waals surface area contributed by atoms with Crippen LogP contribution in [0.5, 0.6) is 0 Å². The molecule has 61 heavy (non-hydrogen) atoms. The molecule has 6 N–H and O–H groups in total. The standard InChI is InChI=1S/C25H28N2O4.C20H20N2O2.C3H8.C2H6O/c1-25(2,3)31-24(30)27-15-22(19-7-4-17(16-28)5-8-19)23(29)13-18-6-9-21-14-26-11-10-20(21)12-18;21-11-19(16-4-1-14(13-23)2-5-16)20(24)10-15-3-6-18-12-22-8-7-17(18)9-15;1-3-2;1-2-3/h4-12,14,22,28H,13,15-16H2,1-3H3,(H,27,30);1-9,12,19,23H,10-11,13,21H2;3H2,1-2H3;3H,2H2,1H3. The zero-order valence-electron chi connectivity index (χ0n) is 36.3. The molecule has 2 unspecified atom stereocenters. The van der Waals surface area contributed by atoms with E-state index in [4.69, 9.17) is 20.7 Å². The van der Waals surface area contributed by atoms with Gasteiger partial charge in [0.25, 0.3) is 0 Å². The van der Waals surface area contributed by atoms with Gasteiger partial charge in [0.1, 0.15) is 17.2 Å². The molecule has 0 spiro atoms. The fourth-order valence-electron chi connectivity index (χ4n) is 6.22. The smallest absolute Gasteiger partial charge is 0.407 e. The van der Waals surface area contributed by atoms with Gasteiger partial charge in [0.2, 0.25) is 0 Å². The van der Waals surface area contributed by atoms with Crippen LogP contribution in [0.2, 0.25) is 0 Å². The number of carbonyl (C=O) groups excluding carboxylic acids is 3. The summed E-state index contributed by atoms with van der Waals surface area (Å²) in [6.45, 7) is 11.9. The van der Waals surface area contributed by atoms with Gasteiger partial charge < -0.3 is 31.1 Å². The van der Waals surface area contributed by atoms with Crippen LogP contribution in [-0.4, -0.2) is 68.2 Å². The van der Waals surface area contributed by atoms with Crippen LogP contribution in [-0.2, 0) is 40.4 Å². The first-order chi connectivity index (χ1) is 29.3. The Morgan fingerprint density at radius 3 is 1.41 bits per heavy atom. The minimum Gasteiger partial charge on any atom is -0.444 e. The third-order valence-corrected chi connectivity index (χ3v) is 9.16. The van der Waals surface area contributed by atoms with Crippen LogP contribution in [0.25, 0.3) is 21.5 Å². The molecule has 2 heterocycles. The molecule has 0 fully saturated rings. The lowest BCUT2D eigenvalue weighted by atomic mass is 9.90. The highest BCUT2D eigenvalue weighted by Crippen LogP contribution is 2.23. The number of alkyl carbamates (subject to hydrolysis) is 1. The molecule has 0 aliphatic carbocycles. The van der Waals surface area contributed by atoms with Gasteiger partial charge in [-0.05, 0) is 84.0 Å². The monoisotopic (exact) mass is 830 g/mol. The molecule has 11 nitrogen and oxygen atoms in total. The van der Waals surface area contributed by atoms with E-state index >= 15 is 0 Å². The maximum absolute atomic E-state index is 13.2. The highest BCUT2D eigenvalue weighted by atomic mass is 16.6. The van der Waals surface area contributed by atoms with E-state index < -0.39 is 17.6 Å². The molecule has 11 heteroatoms. The number of aliphatic hydroxyl groups is 3. The number of nitrogens with zero attached hydrogens (tertiary/aromatic N) is 2. The van der Waals surface area contributed by atoms with Crippen molar-refractivity contribution >= 4 is 39.2 Å². The Balaban J connectivity index is 0.000000295. The molecule has 2 aromatic heterocycles. The molecular formula is C50H62N4O7. The number of Topliss-reactive ketones (excluding diaryl/α,β-unsaturated/α-hetero) is 2. The fraction of sp³-hybridized carbons (Fsp3) is 0.340. The molecule has 6 aromatic rings. The summed E-state index contributed by atoms with van der Waals surface area (Å²) in [6, 6.07) is 30.3. The average molecular weight is 831 g/mol. The van der Waals surface area contributed by atoms with E-state index in [1.807, 2.05) is 91.1 Å². The number of amides is 1. The van der Waals surface area contributed by atoms with Crippen molar-refractivity contribution in [2.45, 2.75) is 91.5 Å². The van der Waals surface area contributed by atoms with Crippen molar-refractivity contribution in [2.75, 3.05) is 19.7 Å². The van der Waals surface area contributed by atoms with Crippen molar-refractivity contribution in [3.05, 3.63) is 155 Å². The summed E-state index contributed by atoms with van der Waals surface area (Å²) in [4.78, 5) is 46.3. The Labute approximate surface area is 360 Å². The number of hydrogen-bond donors (Lipinski definition) is 5. The number of carbonyl (C=O) groups is 3. The highest BCUT2D eigenvalue weighted by molar-refractivity contribution is 5.91. The Morgan fingerprint density at radius 2 is 1.02 bits per heavy atom. The van der Waals surface area contributed by atoms with Crippen LogP contribution in [0, 0.1) is 0 Å². The van der Waals surface area contributed by atoms with Crippen molar-refractivity contribution in [1.82, 2.24) is 15.3 Å². The summed E-state index contributed by atoms with van der Waals surface area (Å²) in [5.41, 5.74) is 10.4. The van der Waals surface area contributed by atoms with E-state index in [0.717, 1.165) is 54.9 Å². The minimum atomic E-state index is -0.619. The van der Waals surface area contributed by atoms with E-state index in [1.54, 1.807) is 58.4 Å². The zero-order chi connectivity index (χ0) is 44.8. The van der Waals surface area contributed by atoms with Gasteiger partial charge >= 0.3 is 6.09 Å². The number of benzene rings is 4. The minimum absolute atomic E-state index is 0.00648. The fourth-order valence-corrected chi connectivity index (χ4v) is 6.22. The molecular weight excluding hydrogens is 769 g/mol. The summed E-state index contributed by atoms with van der Waals surface area (Å²) >= 11 is 0. The molecule has 0 radical (unpaired) electrons. The van der Waals surface area contributed by atoms with E-state index in [2.05, 4.69) is 29.1 Å². The molecule has 1 amide bonds. The summed E-state index contributed by atoms with van der Waals surface area (Å²) in [5.74, 6) is -0.775. The summed E-state index contributed by atoms with van der Waals surface area (Å²) in [7, 11) is 0. The number of nitrogens with two attached hydrogens (primary N) is 1. The first kappa shape index (κ1) is 49.5. The summed E-state index contributed by atoms with van der Waals surface area (Å²) in [5, 5.41) is 32.9. The van der Waals surface area contributed by atoms with Gasteiger partial charge in [0.15, 0.2) is 0 Å². The quantitative estimate of drug-likeness (QED) is 0.0761. The number of ketones is 2. The van der Waals surface area contributed by atoms with Crippen molar-refractivity contribution in [3.63, 3.8) is 0 Å². The number of hydrogen-bond acceptors (Lipinski definition) is 10. The number of rotatable bonds is 13. The van der Waals surface area contributed by atoms with Crippen molar-refractivity contribution < 1.29 is 34.4 Å². The predicted octanol–water partition coefficient (Wildman–Crippen LogP) is 8.14. The van der Waals surface area contributed by atoms with Crippen LogP contribution in [0.4, 0.5) is 4.79 Å². The van der Waals surface area contributed by atoms with Crippen LogP contribution in [0.3, 0.4) is 0 Å². The molecule has 0 saturated heterocycles. The van der Waals surface area contributed by atoms with Gasteiger partial charge in [0.05, 0.1) is 25.0 Å². The topological polar surface area (TPSA) is 185 Å². The number of ether oxygens (including phenoxy) is 1. The summed E-state index contributed by atoms with van der Waals surface area (Å²) < 4.78 is 5.31.